The van der Waals surface area contributed by atoms with Gasteiger partial charge in [-0.25, -0.2) is 0 Å². The van der Waals surface area contributed by atoms with Crippen LogP contribution in [0.15, 0.2) is 42.0 Å². The molecule has 0 radical (unpaired) electrons. The normalized spacial score (nSPS) is 11.2. The highest BCUT2D eigenvalue weighted by Gasteiger charge is 2.15. The van der Waals surface area contributed by atoms with Crippen LogP contribution in [0.25, 0.3) is 6.08 Å². The summed E-state index contributed by atoms with van der Waals surface area (Å²) in [6.07, 6.45) is 2.45. The molecule has 0 aromatic heterocycles. The van der Waals surface area contributed by atoms with Gasteiger partial charge in [0, 0.05) is 30.8 Å². The molecule has 0 amide bonds. The lowest BCUT2D eigenvalue weighted by Crippen LogP contribution is -2.13. The number of rotatable bonds is 7. The smallest absolute Gasteiger partial charge is 0.189 e. The number of ether oxygens (including phenoxy) is 2. The molecule has 2 N–H and O–H groups in total. The van der Waals surface area contributed by atoms with E-state index in [0.717, 1.165) is 11.3 Å². The first kappa shape index (κ1) is 19.4. The second-order valence-electron chi connectivity index (χ2n) is 6.13. The Balaban J connectivity index is 2.47. The molecule has 0 fully saturated rings. The van der Waals surface area contributed by atoms with Crippen molar-refractivity contribution >= 4 is 23.2 Å². The van der Waals surface area contributed by atoms with E-state index in [4.69, 9.17) is 15.2 Å². The van der Waals surface area contributed by atoms with Crippen LogP contribution in [0.1, 0.15) is 29.3 Å². The summed E-state index contributed by atoms with van der Waals surface area (Å²) < 4.78 is 10.7. The predicted molar refractivity (Wildman–Crippen MR) is 107 cm³/mol. The van der Waals surface area contributed by atoms with Crippen LogP contribution in [0, 0.1) is 0 Å². The van der Waals surface area contributed by atoms with E-state index < -0.39 is 0 Å². The Bertz CT molecular complexity index is 826. The first-order chi connectivity index (χ1) is 12.4. The fourth-order valence-corrected chi connectivity index (χ4v) is 2.73. The van der Waals surface area contributed by atoms with Crippen LogP contribution in [-0.2, 0) is 0 Å². The van der Waals surface area contributed by atoms with E-state index in [1.807, 2.05) is 56.3 Å². The van der Waals surface area contributed by atoms with Crippen molar-refractivity contribution in [2.75, 3.05) is 38.9 Å². The molecule has 0 aliphatic rings. The summed E-state index contributed by atoms with van der Waals surface area (Å²) in [7, 11) is 7.02. The lowest BCUT2D eigenvalue weighted by atomic mass is 9.97. The van der Waals surface area contributed by atoms with Crippen molar-refractivity contribution < 1.29 is 14.3 Å². The van der Waals surface area contributed by atoms with Crippen LogP contribution < -0.4 is 20.1 Å². The Morgan fingerprint density at radius 3 is 2.42 bits per heavy atom. The number of methoxy groups -OCH3 is 2. The highest BCUT2D eigenvalue weighted by atomic mass is 16.5. The molecule has 138 valence electrons. The zero-order chi connectivity index (χ0) is 19.3. The molecule has 26 heavy (non-hydrogen) atoms. The molecule has 0 aliphatic heterocycles. The molecule has 0 heterocycles. The van der Waals surface area contributed by atoms with Crippen LogP contribution in [0.2, 0.25) is 0 Å². The minimum atomic E-state index is -0.0273. The molecule has 5 heteroatoms. The predicted octanol–water partition coefficient (Wildman–Crippen LogP) is 4.03. The number of carbonyl (C=O) groups is 1. The van der Waals surface area contributed by atoms with E-state index in [1.54, 1.807) is 26.4 Å². The second-order valence-corrected chi connectivity index (χ2v) is 6.13. The Morgan fingerprint density at radius 1 is 1.12 bits per heavy atom. The minimum absolute atomic E-state index is 0.0273. The average Bonchev–Trinajstić information content (AvgIpc) is 2.65. The van der Waals surface area contributed by atoms with Gasteiger partial charge in [-0.3, -0.25) is 4.79 Å². The molecular formula is C21H26N2O3. The molecule has 0 unspecified atom stereocenters. The zero-order valence-electron chi connectivity index (χ0n) is 16.0. The van der Waals surface area contributed by atoms with Crippen molar-refractivity contribution in [3.05, 3.63) is 53.1 Å². The van der Waals surface area contributed by atoms with Gasteiger partial charge >= 0.3 is 0 Å². The molecule has 0 aliphatic carbocycles. The van der Waals surface area contributed by atoms with Crippen molar-refractivity contribution in [1.29, 1.82) is 0 Å². The summed E-state index contributed by atoms with van der Waals surface area (Å²) in [5, 5.41) is 0. The summed E-state index contributed by atoms with van der Waals surface area (Å²) in [6.45, 7) is 1.96. The number of ketones is 1. The highest BCUT2D eigenvalue weighted by Crippen LogP contribution is 2.29. The average molecular weight is 354 g/mol. The number of benzene rings is 2. The maximum atomic E-state index is 13.0. The van der Waals surface area contributed by atoms with E-state index in [2.05, 4.69) is 0 Å². The van der Waals surface area contributed by atoms with Gasteiger partial charge in [0.25, 0.3) is 0 Å². The molecule has 0 spiro atoms. The van der Waals surface area contributed by atoms with Gasteiger partial charge in [0.1, 0.15) is 11.5 Å². The number of Topliss-reactive ketones (excluding diaryl/α,β-unsaturated/α-hetero) is 1. The lowest BCUT2D eigenvalue weighted by Gasteiger charge is -2.16. The van der Waals surface area contributed by atoms with Gasteiger partial charge in [-0.15, -0.1) is 0 Å². The Morgan fingerprint density at radius 2 is 1.85 bits per heavy atom. The number of hydrogen-bond acceptors (Lipinski definition) is 5. The van der Waals surface area contributed by atoms with Crippen molar-refractivity contribution in [3.8, 4) is 11.5 Å². The molecule has 0 atom stereocenters. The third-order valence-corrected chi connectivity index (χ3v) is 4.21. The van der Waals surface area contributed by atoms with Gasteiger partial charge in [0.15, 0.2) is 5.78 Å². The van der Waals surface area contributed by atoms with Crippen molar-refractivity contribution in [3.63, 3.8) is 0 Å². The third kappa shape index (κ3) is 4.17. The number of allylic oxidation sites excluding steroid dienone is 1. The van der Waals surface area contributed by atoms with Gasteiger partial charge < -0.3 is 20.1 Å². The zero-order valence-corrected chi connectivity index (χ0v) is 16.0. The molecule has 0 bridgehead atoms. The van der Waals surface area contributed by atoms with E-state index in [9.17, 15) is 4.79 Å². The summed E-state index contributed by atoms with van der Waals surface area (Å²) in [4.78, 5) is 14.9. The Hall–Kier alpha value is -2.95. The second kappa shape index (κ2) is 8.43. The van der Waals surface area contributed by atoms with Crippen LogP contribution in [0.5, 0.6) is 11.5 Å². The van der Waals surface area contributed by atoms with Crippen molar-refractivity contribution in [2.24, 2.45) is 0 Å². The van der Waals surface area contributed by atoms with Gasteiger partial charge in [-0.05, 0) is 48.9 Å². The highest BCUT2D eigenvalue weighted by molar-refractivity contribution is 6.12. The van der Waals surface area contributed by atoms with Crippen LogP contribution in [0.3, 0.4) is 0 Å². The molecular weight excluding hydrogens is 328 g/mol. The van der Waals surface area contributed by atoms with Gasteiger partial charge in [-0.1, -0.05) is 6.92 Å². The summed E-state index contributed by atoms with van der Waals surface area (Å²) in [5.41, 5.74) is 9.56. The summed E-state index contributed by atoms with van der Waals surface area (Å²) >= 11 is 0. The number of nitrogens with two attached hydrogens (primary N) is 1. The topological polar surface area (TPSA) is 64.8 Å². The van der Waals surface area contributed by atoms with Gasteiger partial charge in [-0.2, -0.15) is 0 Å². The first-order valence-electron chi connectivity index (χ1n) is 8.45. The SMILES string of the molecule is CC/C(=C\c1cc(OC)ccc1OC)C(=O)c1ccc(N)c(N(C)C)c1. The maximum absolute atomic E-state index is 13.0. The maximum Gasteiger partial charge on any atom is 0.189 e. The molecule has 0 saturated carbocycles. The van der Waals surface area contributed by atoms with Gasteiger partial charge in [0.05, 0.1) is 25.6 Å². The molecule has 5 nitrogen and oxygen atoms in total. The Kier molecular flexibility index (Phi) is 6.28. The number of nitrogens with zero attached hydrogens (tertiary/aromatic N) is 1. The third-order valence-electron chi connectivity index (χ3n) is 4.21. The quantitative estimate of drug-likeness (QED) is 0.462. The Labute approximate surface area is 155 Å². The minimum Gasteiger partial charge on any atom is -0.497 e. The number of nitrogen functional groups attached to an aromatic ring is 1. The van der Waals surface area contributed by atoms with Gasteiger partial charge in [0.2, 0.25) is 0 Å². The monoisotopic (exact) mass is 354 g/mol. The number of carbonyl (C=O) groups excluding carboxylic acids is 1. The fourth-order valence-electron chi connectivity index (χ4n) is 2.73. The van der Waals surface area contributed by atoms with Crippen molar-refractivity contribution in [2.45, 2.75) is 13.3 Å². The van der Waals surface area contributed by atoms with Crippen LogP contribution in [-0.4, -0.2) is 34.1 Å². The largest absolute Gasteiger partial charge is 0.497 e. The van der Waals surface area contributed by atoms with E-state index in [-0.39, 0.29) is 5.78 Å². The van der Waals surface area contributed by atoms with E-state index >= 15 is 0 Å². The summed E-state index contributed by atoms with van der Waals surface area (Å²) in [5.74, 6) is 1.37. The summed E-state index contributed by atoms with van der Waals surface area (Å²) in [6, 6.07) is 10.9. The number of hydrogen-bond donors (Lipinski definition) is 1. The van der Waals surface area contributed by atoms with E-state index in [0.29, 0.717) is 34.7 Å². The van der Waals surface area contributed by atoms with Crippen LogP contribution in [0.4, 0.5) is 11.4 Å². The molecule has 2 aromatic rings. The fraction of sp³-hybridized carbons (Fsp3) is 0.286. The van der Waals surface area contributed by atoms with Crippen molar-refractivity contribution in [1.82, 2.24) is 0 Å². The molecule has 0 saturated heterocycles. The van der Waals surface area contributed by atoms with E-state index in [1.165, 1.54) is 0 Å². The first-order valence-corrected chi connectivity index (χ1v) is 8.45. The van der Waals surface area contributed by atoms with Crippen LogP contribution >= 0.6 is 0 Å². The molecule has 2 aromatic carbocycles. The molecule has 2 rings (SSSR count). The standard InChI is InChI=1S/C21H26N2O3/c1-6-14(11-16-12-17(25-4)8-10-20(16)26-5)21(24)15-7-9-18(22)19(13-15)23(2)3/h7-13H,6,22H2,1-5H3/b14-11+. The lowest BCUT2D eigenvalue weighted by molar-refractivity contribution is 0.103. The number of anilines is 2.